The van der Waals surface area contributed by atoms with Gasteiger partial charge in [-0.25, -0.2) is 14.4 Å². The maximum absolute atomic E-state index is 14.2. The third kappa shape index (κ3) is 2.32. The molecule has 3 heterocycles. The summed E-state index contributed by atoms with van der Waals surface area (Å²) in [6, 6.07) is 0. The number of halogens is 1. The average Bonchev–Trinajstić information content (AvgIpc) is 3.08. The van der Waals surface area contributed by atoms with E-state index in [0.29, 0.717) is 11.2 Å². The molecule has 22 heavy (non-hydrogen) atoms. The molecule has 8 nitrogen and oxygen atoms in total. The summed E-state index contributed by atoms with van der Waals surface area (Å²) in [5.74, 6) is 0.247. The molecule has 9 heteroatoms. The van der Waals surface area contributed by atoms with Gasteiger partial charge in [0, 0.05) is 0 Å². The zero-order valence-electron chi connectivity index (χ0n) is 11.5. The number of nitrogens with zero attached hydrogens (tertiary/aromatic N) is 4. The van der Waals surface area contributed by atoms with Crippen molar-refractivity contribution in [3.05, 3.63) is 25.3 Å². The van der Waals surface area contributed by atoms with Crippen LogP contribution in [0, 0.1) is 0 Å². The normalized spacial score (nSPS) is 28.1. The number of aliphatic hydroxyl groups is 2. The predicted molar refractivity (Wildman–Crippen MR) is 72.9 cm³/mol. The molecule has 2 N–H and O–H groups in total. The maximum atomic E-state index is 14.2. The Balaban J connectivity index is 1.97. The molecule has 0 unspecified atom stereocenters. The Labute approximate surface area is 124 Å². The van der Waals surface area contributed by atoms with Crippen LogP contribution in [0.25, 0.3) is 11.2 Å². The smallest absolute Gasteiger partial charge is 0.245 e. The standard InChI is InChI=1S/C13H15FN4O4/c1-2-3-21-12-9-11(15-5-16-12)18(6-17-9)13-8(14)10(20)7(4-19)22-13/h2,5-8,10,13,19-20H,1,3-4H2/t7-,8-,10-,13-/m1/s1. The summed E-state index contributed by atoms with van der Waals surface area (Å²) in [7, 11) is 0. The minimum Gasteiger partial charge on any atom is -0.472 e. The topological polar surface area (TPSA) is 103 Å². The quantitative estimate of drug-likeness (QED) is 0.748. The van der Waals surface area contributed by atoms with Crippen LogP contribution >= 0.6 is 0 Å². The van der Waals surface area contributed by atoms with Gasteiger partial charge in [0.15, 0.2) is 23.6 Å². The highest BCUT2D eigenvalue weighted by molar-refractivity contribution is 5.76. The first-order chi connectivity index (χ1) is 10.7. The second-order valence-corrected chi connectivity index (χ2v) is 4.79. The number of aromatic nitrogens is 4. The Bertz CT molecular complexity index is 679. The van der Waals surface area contributed by atoms with E-state index in [1.54, 1.807) is 6.08 Å². The van der Waals surface area contributed by atoms with Crippen LogP contribution in [0.2, 0.25) is 0 Å². The molecule has 0 aliphatic carbocycles. The van der Waals surface area contributed by atoms with Gasteiger partial charge in [-0.1, -0.05) is 12.7 Å². The second-order valence-electron chi connectivity index (χ2n) is 4.79. The number of hydrogen-bond donors (Lipinski definition) is 2. The Hall–Kier alpha value is -2.10. The SMILES string of the molecule is C=CCOc1ncnc2c1ncn2[C@@H]1O[C@H](CO)[C@@H](O)[C@H]1F. The van der Waals surface area contributed by atoms with Crippen molar-refractivity contribution in [3.63, 3.8) is 0 Å². The summed E-state index contributed by atoms with van der Waals surface area (Å²) < 4.78 is 26.2. The van der Waals surface area contributed by atoms with Crippen molar-refractivity contribution in [2.75, 3.05) is 13.2 Å². The molecule has 1 saturated heterocycles. The molecule has 0 bridgehead atoms. The van der Waals surface area contributed by atoms with Gasteiger partial charge in [-0.15, -0.1) is 0 Å². The maximum Gasteiger partial charge on any atom is 0.245 e. The number of alkyl halides is 1. The lowest BCUT2D eigenvalue weighted by Crippen LogP contribution is -2.30. The van der Waals surface area contributed by atoms with E-state index < -0.39 is 31.2 Å². The molecule has 2 aromatic heterocycles. The number of hydrogen-bond acceptors (Lipinski definition) is 7. The van der Waals surface area contributed by atoms with Crippen LogP contribution in [0.4, 0.5) is 4.39 Å². The van der Waals surface area contributed by atoms with E-state index in [4.69, 9.17) is 14.6 Å². The van der Waals surface area contributed by atoms with Gasteiger partial charge in [0.05, 0.1) is 12.9 Å². The number of imidazole rings is 1. The molecular formula is C13H15FN4O4. The minimum atomic E-state index is -1.71. The van der Waals surface area contributed by atoms with Crippen LogP contribution < -0.4 is 4.74 Å². The van der Waals surface area contributed by atoms with Crippen LogP contribution in [-0.2, 0) is 4.74 Å². The summed E-state index contributed by atoms with van der Waals surface area (Å²) in [6.07, 6.45) is -1.07. The fourth-order valence-electron chi connectivity index (χ4n) is 2.34. The van der Waals surface area contributed by atoms with Crippen LogP contribution in [0.15, 0.2) is 25.3 Å². The highest BCUT2D eigenvalue weighted by Crippen LogP contribution is 2.34. The van der Waals surface area contributed by atoms with Crippen molar-refractivity contribution in [2.24, 2.45) is 0 Å². The molecule has 118 valence electrons. The largest absolute Gasteiger partial charge is 0.472 e. The van der Waals surface area contributed by atoms with E-state index in [9.17, 15) is 9.50 Å². The summed E-state index contributed by atoms with van der Waals surface area (Å²) in [6.45, 7) is 3.31. The van der Waals surface area contributed by atoms with Gasteiger partial charge in [-0.3, -0.25) is 4.57 Å². The monoisotopic (exact) mass is 310 g/mol. The fraction of sp³-hybridized carbons (Fsp3) is 0.462. The lowest BCUT2D eigenvalue weighted by molar-refractivity contribution is -0.0459. The number of fused-ring (bicyclic) bond motifs is 1. The molecule has 1 fully saturated rings. The zero-order valence-corrected chi connectivity index (χ0v) is 11.5. The van der Waals surface area contributed by atoms with Crippen LogP contribution in [-0.4, -0.2) is 61.3 Å². The first-order valence-corrected chi connectivity index (χ1v) is 6.67. The molecule has 0 aromatic carbocycles. The second kappa shape index (κ2) is 5.95. The van der Waals surface area contributed by atoms with Crippen molar-refractivity contribution in [1.82, 2.24) is 19.5 Å². The van der Waals surface area contributed by atoms with E-state index in [-0.39, 0.29) is 12.5 Å². The Morgan fingerprint density at radius 2 is 2.27 bits per heavy atom. The molecule has 0 spiro atoms. The van der Waals surface area contributed by atoms with Gasteiger partial charge in [0.2, 0.25) is 5.88 Å². The molecule has 0 radical (unpaired) electrons. The third-order valence-corrected chi connectivity index (χ3v) is 3.41. The van der Waals surface area contributed by atoms with Crippen molar-refractivity contribution < 1.29 is 24.1 Å². The fourth-order valence-corrected chi connectivity index (χ4v) is 2.34. The lowest BCUT2D eigenvalue weighted by Gasteiger charge is -2.14. The lowest BCUT2D eigenvalue weighted by atomic mass is 10.1. The summed E-state index contributed by atoms with van der Waals surface area (Å²) in [4.78, 5) is 12.1. The average molecular weight is 310 g/mol. The van der Waals surface area contributed by atoms with Crippen LogP contribution in [0.3, 0.4) is 0 Å². The van der Waals surface area contributed by atoms with Crippen molar-refractivity contribution >= 4 is 11.2 Å². The summed E-state index contributed by atoms with van der Waals surface area (Å²) in [5, 5.41) is 18.8. The van der Waals surface area contributed by atoms with Gasteiger partial charge in [-0.05, 0) is 0 Å². The number of rotatable bonds is 5. The van der Waals surface area contributed by atoms with Gasteiger partial charge < -0.3 is 19.7 Å². The highest BCUT2D eigenvalue weighted by Gasteiger charge is 2.45. The van der Waals surface area contributed by atoms with Crippen LogP contribution in [0.1, 0.15) is 6.23 Å². The van der Waals surface area contributed by atoms with Crippen LogP contribution in [0.5, 0.6) is 5.88 Å². The summed E-state index contributed by atoms with van der Waals surface area (Å²) in [5.41, 5.74) is 0.662. The van der Waals surface area contributed by atoms with E-state index in [0.717, 1.165) is 0 Å². The highest BCUT2D eigenvalue weighted by atomic mass is 19.1. The van der Waals surface area contributed by atoms with E-state index >= 15 is 0 Å². The van der Waals surface area contributed by atoms with Gasteiger partial charge in [0.1, 0.15) is 25.1 Å². The predicted octanol–water partition coefficient (Wildman–Crippen LogP) is -0.0202. The third-order valence-electron chi connectivity index (χ3n) is 3.41. The Kier molecular flexibility index (Phi) is 4.01. The number of ether oxygens (including phenoxy) is 2. The van der Waals surface area contributed by atoms with E-state index in [1.165, 1.54) is 17.2 Å². The minimum absolute atomic E-state index is 0.246. The molecule has 1 aliphatic heterocycles. The van der Waals surface area contributed by atoms with E-state index in [2.05, 4.69) is 21.5 Å². The molecule has 4 atom stereocenters. The first-order valence-electron chi connectivity index (χ1n) is 6.67. The van der Waals surface area contributed by atoms with Crippen molar-refractivity contribution in [3.8, 4) is 5.88 Å². The molecular weight excluding hydrogens is 295 g/mol. The summed E-state index contributed by atoms with van der Waals surface area (Å²) >= 11 is 0. The zero-order chi connectivity index (χ0) is 15.7. The van der Waals surface area contributed by atoms with E-state index in [1.807, 2.05) is 0 Å². The molecule has 0 saturated carbocycles. The van der Waals surface area contributed by atoms with Gasteiger partial charge in [-0.2, -0.15) is 4.98 Å². The Morgan fingerprint density at radius 3 is 2.95 bits per heavy atom. The molecule has 2 aromatic rings. The molecule has 0 amide bonds. The van der Waals surface area contributed by atoms with Gasteiger partial charge >= 0.3 is 0 Å². The van der Waals surface area contributed by atoms with Crippen molar-refractivity contribution in [2.45, 2.75) is 24.6 Å². The van der Waals surface area contributed by atoms with Gasteiger partial charge in [0.25, 0.3) is 0 Å². The molecule has 3 rings (SSSR count). The molecule has 1 aliphatic rings. The number of aliphatic hydroxyl groups excluding tert-OH is 2. The van der Waals surface area contributed by atoms with Crippen molar-refractivity contribution in [1.29, 1.82) is 0 Å². The Morgan fingerprint density at radius 1 is 1.45 bits per heavy atom. The first kappa shape index (κ1) is 14.8.